The van der Waals surface area contributed by atoms with Crippen LogP contribution in [0.3, 0.4) is 0 Å². The molecule has 0 unspecified atom stereocenters. The van der Waals surface area contributed by atoms with E-state index in [0.717, 1.165) is 16.2 Å². The summed E-state index contributed by atoms with van der Waals surface area (Å²) >= 11 is 1.45. The summed E-state index contributed by atoms with van der Waals surface area (Å²) in [6.07, 6.45) is 3.59. The molecule has 8 heteroatoms. The monoisotopic (exact) mass is 420 g/mol. The van der Waals surface area contributed by atoms with E-state index in [9.17, 15) is 10.1 Å². The number of methoxy groups -OCH3 is 1. The van der Waals surface area contributed by atoms with Gasteiger partial charge in [0.1, 0.15) is 11.8 Å². The number of anilines is 1. The quantitative estimate of drug-likeness (QED) is 0.625. The van der Waals surface area contributed by atoms with Gasteiger partial charge in [-0.05, 0) is 35.2 Å². The lowest BCUT2D eigenvalue weighted by Gasteiger charge is -2.34. The number of aromatic nitrogens is 1. The second-order valence-electron chi connectivity index (χ2n) is 6.68. The molecule has 0 spiro atoms. The fraction of sp³-hybridized carbons (Fsp3) is 0.227. The molecule has 0 aliphatic carbocycles. The van der Waals surface area contributed by atoms with Crippen molar-refractivity contribution in [2.75, 3.05) is 38.2 Å². The van der Waals surface area contributed by atoms with Crippen molar-refractivity contribution in [1.29, 1.82) is 5.26 Å². The van der Waals surface area contributed by atoms with Gasteiger partial charge in [-0.25, -0.2) is 0 Å². The van der Waals surface area contributed by atoms with Crippen LogP contribution >= 0.6 is 11.3 Å². The molecule has 0 bridgehead atoms. The molecule has 3 heterocycles. The number of ether oxygens (including phenoxy) is 1. The third-order valence-corrected chi connectivity index (χ3v) is 5.69. The minimum atomic E-state index is 0.0460. The number of carbonyl (C=O) groups excluding carboxylic acids is 1. The van der Waals surface area contributed by atoms with Crippen LogP contribution < -0.4 is 9.64 Å². The third-order valence-electron chi connectivity index (χ3n) is 4.83. The molecule has 7 nitrogen and oxygen atoms in total. The second-order valence-corrected chi connectivity index (χ2v) is 7.63. The van der Waals surface area contributed by atoms with Gasteiger partial charge >= 0.3 is 0 Å². The molecule has 0 atom stereocenters. The first-order valence-corrected chi connectivity index (χ1v) is 10.4. The molecule has 0 N–H and O–H groups in total. The van der Waals surface area contributed by atoms with Crippen LogP contribution in [0, 0.1) is 11.3 Å². The standard InChI is InChI=1S/C22H20N4O3S/c1-28-17-5-2-4-16(14-17)7-8-20-24-18(15-23)22(29-20)26-11-9-25(10-12-26)21(27)19-6-3-13-30-19/h2-8,13-14H,9-12H2,1H3. The average Bonchev–Trinajstić information content (AvgIpc) is 3.47. The van der Waals surface area contributed by atoms with Crippen molar-refractivity contribution in [1.82, 2.24) is 9.88 Å². The number of oxazole rings is 1. The summed E-state index contributed by atoms with van der Waals surface area (Å²) in [7, 11) is 1.62. The molecule has 1 aliphatic rings. The zero-order valence-corrected chi connectivity index (χ0v) is 17.3. The highest BCUT2D eigenvalue weighted by atomic mass is 32.1. The van der Waals surface area contributed by atoms with E-state index in [0.29, 0.717) is 38.0 Å². The van der Waals surface area contributed by atoms with Gasteiger partial charge in [0, 0.05) is 32.3 Å². The fourth-order valence-corrected chi connectivity index (χ4v) is 3.96. The van der Waals surface area contributed by atoms with Crippen LogP contribution in [-0.4, -0.2) is 49.1 Å². The molecule has 1 fully saturated rings. The van der Waals surface area contributed by atoms with E-state index in [-0.39, 0.29) is 11.6 Å². The fourth-order valence-electron chi connectivity index (χ4n) is 3.27. The second kappa shape index (κ2) is 8.84. The van der Waals surface area contributed by atoms with Gasteiger partial charge < -0.3 is 19.0 Å². The minimum absolute atomic E-state index is 0.0460. The average molecular weight is 420 g/mol. The molecular weight excluding hydrogens is 400 g/mol. The first-order valence-electron chi connectivity index (χ1n) is 9.48. The molecule has 3 aromatic rings. The number of nitrogens with zero attached hydrogens (tertiary/aromatic N) is 4. The molecular formula is C22H20N4O3S. The predicted molar refractivity (Wildman–Crippen MR) is 116 cm³/mol. The summed E-state index contributed by atoms with van der Waals surface area (Å²) in [5.74, 6) is 1.62. The molecule has 1 amide bonds. The number of piperazine rings is 1. The van der Waals surface area contributed by atoms with E-state index < -0.39 is 0 Å². The number of nitriles is 1. The minimum Gasteiger partial charge on any atom is -0.497 e. The molecule has 0 radical (unpaired) electrons. The number of thiophene rings is 1. The highest BCUT2D eigenvalue weighted by molar-refractivity contribution is 7.12. The number of carbonyl (C=O) groups is 1. The van der Waals surface area contributed by atoms with Gasteiger partial charge in [-0.3, -0.25) is 4.79 Å². The molecule has 1 aromatic carbocycles. The highest BCUT2D eigenvalue weighted by Gasteiger charge is 2.26. The van der Waals surface area contributed by atoms with Crippen molar-refractivity contribution in [2.24, 2.45) is 0 Å². The number of hydrogen-bond donors (Lipinski definition) is 0. The number of hydrogen-bond acceptors (Lipinski definition) is 7. The number of benzene rings is 1. The molecule has 0 saturated carbocycles. The van der Waals surface area contributed by atoms with Gasteiger partial charge in [-0.2, -0.15) is 10.2 Å². The van der Waals surface area contributed by atoms with E-state index in [1.165, 1.54) is 11.3 Å². The Balaban J connectivity index is 1.45. The largest absolute Gasteiger partial charge is 0.497 e. The van der Waals surface area contributed by atoms with Crippen molar-refractivity contribution < 1.29 is 13.9 Å². The lowest BCUT2D eigenvalue weighted by atomic mass is 10.2. The summed E-state index contributed by atoms with van der Waals surface area (Å²) in [5, 5.41) is 11.4. The summed E-state index contributed by atoms with van der Waals surface area (Å²) < 4.78 is 11.1. The van der Waals surface area contributed by atoms with Crippen LogP contribution in [0.1, 0.15) is 26.8 Å². The smallest absolute Gasteiger partial charge is 0.264 e. The topological polar surface area (TPSA) is 82.6 Å². The maximum atomic E-state index is 12.5. The van der Waals surface area contributed by atoms with Crippen LogP contribution in [0.5, 0.6) is 5.75 Å². The van der Waals surface area contributed by atoms with Crippen LogP contribution in [0.25, 0.3) is 12.2 Å². The third kappa shape index (κ3) is 4.21. The molecule has 1 aliphatic heterocycles. The Morgan fingerprint density at radius 3 is 2.77 bits per heavy atom. The predicted octanol–water partition coefficient (Wildman–Crippen LogP) is 3.75. The molecule has 152 valence electrons. The van der Waals surface area contributed by atoms with Gasteiger partial charge in [0.2, 0.25) is 17.5 Å². The molecule has 2 aromatic heterocycles. The molecule has 1 saturated heterocycles. The Morgan fingerprint density at radius 2 is 2.07 bits per heavy atom. The SMILES string of the molecule is COc1cccc(C=Cc2nc(C#N)c(N3CCN(C(=O)c4cccs4)CC3)o2)c1. The zero-order valence-electron chi connectivity index (χ0n) is 16.4. The highest BCUT2D eigenvalue weighted by Crippen LogP contribution is 2.25. The Labute approximate surface area is 178 Å². The van der Waals surface area contributed by atoms with E-state index in [1.54, 1.807) is 13.2 Å². The van der Waals surface area contributed by atoms with Crippen LogP contribution in [-0.2, 0) is 0 Å². The molecule has 4 rings (SSSR count). The van der Waals surface area contributed by atoms with Gasteiger partial charge in [-0.15, -0.1) is 11.3 Å². The van der Waals surface area contributed by atoms with Crippen molar-refractivity contribution in [3.05, 3.63) is 63.8 Å². The van der Waals surface area contributed by atoms with E-state index in [2.05, 4.69) is 11.1 Å². The van der Waals surface area contributed by atoms with Crippen LogP contribution in [0.4, 0.5) is 5.88 Å². The lowest BCUT2D eigenvalue weighted by Crippen LogP contribution is -2.48. The Kier molecular flexibility index (Phi) is 5.82. The van der Waals surface area contributed by atoms with Gasteiger partial charge in [0.05, 0.1) is 12.0 Å². The Hall–Kier alpha value is -3.57. The zero-order chi connectivity index (χ0) is 20.9. The Bertz CT molecular complexity index is 1090. The van der Waals surface area contributed by atoms with E-state index >= 15 is 0 Å². The van der Waals surface area contributed by atoms with Crippen LogP contribution in [0.15, 0.2) is 46.2 Å². The first kappa shape index (κ1) is 19.7. The summed E-state index contributed by atoms with van der Waals surface area (Å²) in [6, 6.07) is 13.4. The normalized spacial score (nSPS) is 14.1. The van der Waals surface area contributed by atoms with E-state index in [4.69, 9.17) is 9.15 Å². The van der Waals surface area contributed by atoms with Crippen molar-refractivity contribution in [3.8, 4) is 11.8 Å². The molecule has 30 heavy (non-hydrogen) atoms. The van der Waals surface area contributed by atoms with Gasteiger partial charge in [-0.1, -0.05) is 18.2 Å². The van der Waals surface area contributed by atoms with Crippen molar-refractivity contribution in [2.45, 2.75) is 0 Å². The first-order chi connectivity index (χ1) is 14.7. The van der Waals surface area contributed by atoms with Crippen molar-refractivity contribution in [3.63, 3.8) is 0 Å². The van der Waals surface area contributed by atoms with E-state index in [1.807, 2.05) is 57.7 Å². The number of amides is 1. The maximum absolute atomic E-state index is 12.5. The summed E-state index contributed by atoms with van der Waals surface area (Å²) in [6.45, 7) is 2.30. The lowest BCUT2D eigenvalue weighted by molar-refractivity contribution is 0.0750. The van der Waals surface area contributed by atoms with Gasteiger partial charge in [0.25, 0.3) is 5.91 Å². The van der Waals surface area contributed by atoms with Crippen molar-refractivity contribution >= 4 is 35.3 Å². The maximum Gasteiger partial charge on any atom is 0.264 e. The summed E-state index contributed by atoms with van der Waals surface area (Å²) in [4.78, 5) is 21.3. The number of rotatable bonds is 5. The van der Waals surface area contributed by atoms with Gasteiger partial charge in [0.15, 0.2) is 0 Å². The Morgan fingerprint density at radius 1 is 1.23 bits per heavy atom. The van der Waals surface area contributed by atoms with Crippen LogP contribution in [0.2, 0.25) is 0 Å². The summed E-state index contributed by atoms with van der Waals surface area (Å²) in [5.41, 5.74) is 1.19.